The molecule has 2 aromatic heterocycles. The van der Waals surface area contributed by atoms with Gasteiger partial charge in [-0.25, -0.2) is 15.0 Å². The third-order valence-electron chi connectivity index (χ3n) is 2.44. The van der Waals surface area contributed by atoms with Crippen molar-refractivity contribution in [3.8, 4) is 0 Å². The quantitative estimate of drug-likeness (QED) is 0.644. The molecule has 0 saturated carbocycles. The minimum Gasteiger partial charge on any atom is -0.384 e. The zero-order chi connectivity index (χ0) is 13.8. The SMILES string of the molecule is CN(Cc1ccc(N)nc1)c1ncc([N+](=O)[O-])cn1. The number of aromatic nitrogens is 3. The van der Waals surface area contributed by atoms with Crippen molar-refractivity contribution >= 4 is 17.5 Å². The average molecular weight is 260 g/mol. The van der Waals surface area contributed by atoms with Gasteiger partial charge in [0.1, 0.15) is 18.2 Å². The fourth-order valence-corrected chi connectivity index (χ4v) is 1.48. The molecule has 0 radical (unpaired) electrons. The molecule has 2 heterocycles. The Labute approximate surface area is 109 Å². The number of anilines is 2. The van der Waals surface area contributed by atoms with Gasteiger partial charge in [-0.1, -0.05) is 6.07 Å². The largest absolute Gasteiger partial charge is 0.384 e. The summed E-state index contributed by atoms with van der Waals surface area (Å²) in [7, 11) is 1.79. The van der Waals surface area contributed by atoms with Crippen molar-refractivity contribution < 1.29 is 4.92 Å². The smallest absolute Gasteiger partial charge is 0.305 e. The van der Waals surface area contributed by atoms with E-state index < -0.39 is 4.92 Å². The van der Waals surface area contributed by atoms with E-state index in [0.717, 1.165) is 5.56 Å². The van der Waals surface area contributed by atoms with E-state index in [1.54, 1.807) is 24.2 Å². The highest BCUT2D eigenvalue weighted by molar-refractivity contribution is 5.35. The van der Waals surface area contributed by atoms with Gasteiger partial charge in [-0.15, -0.1) is 0 Å². The molecule has 0 spiro atoms. The highest BCUT2D eigenvalue weighted by atomic mass is 16.6. The van der Waals surface area contributed by atoms with Crippen LogP contribution in [0.5, 0.6) is 0 Å². The van der Waals surface area contributed by atoms with Gasteiger partial charge in [0.2, 0.25) is 5.95 Å². The maximum Gasteiger partial charge on any atom is 0.305 e. The third-order valence-corrected chi connectivity index (χ3v) is 2.44. The first-order valence-corrected chi connectivity index (χ1v) is 5.44. The van der Waals surface area contributed by atoms with E-state index in [9.17, 15) is 10.1 Å². The van der Waals surface area contributed by atoms with Gasteiger partial charge in [0.05, 0.1) is 4.92 Å². The van der Waals surface area contributed by atoms with Gasteiger partial charge >= 0.3 is 5.69 Å². The summed E-state index contributed by atoms with van der Waals surface area (Å²) in [5, 5.41) is 10.5. The molecule has 19 heavy (non-hydrogen) atoms. The third kappa shape index (κ3) is 3.12. The maximum atomic E-state index is 10.5. The summed E-state index contributed by atoms with van der Waals surface area (Å²) < 4.78 is 0. The molecule has 2 N–H and O–H groups in total. The van der Waals surface area contributed by atoms with Crippen molar-refractivity contribution in [1.82, 2.24) is 15.0 Å². The van der Waals surface area contributed by atoms with Crippen molar-refractivity contribution in [2.45, 2.75) is 6.54 Å². The molecule has 0 saturated heterocycles. The molecule has 98 valence electrons. The second-order valence-corrected chi connectivity index (χ2v) is 3.95. The molecule has 8 nitrogen and oxygen atoms in total. The summed E-state index contributed by atoms with van der Waals surface area (Å²) in [6.07, 6.45) is 4.03. The van der Waals surface area contributed by atoms with Gasteiger partial charge in [-0.05, 0) is 11.6 Å². The van der Waals surface area contributed by atoms with Crippen molar-refractivity contribution in [2.24, 2.45) is 0 Å². The van der Waals surface area contributed by atoms with Crippen LogP contribution in [0.1, 0.15) is 5.56 Å². The molecule has 0 bridgehead atoms. The summed E-state index contributed by atoms with van der Waals surface area (Å²) in [6, 6.07) is 3.56. The Kier molecular flexibility index (Phi) is 3.51. The van der Waals surface area contributed by atoms with Crippen LogP contribution in [0.4, 0.5) is 17.5 Å². The summed E-state index contributed by atoms with van der Waals surface area (Å²) in [5.41, 5.74) is 6.31. The maximum absolute atomic E-state index is 10.5. The fourth-order valence-electron chi connectivity index (χ4n) is 1.48. The van der Waals surface area contributed by atoms with Crippen LogP contribution in [0.2, 0.25) is 0 Å². The molecular formula is C11H12N6O2. The standard InChI is InChI=1S/C11H12N6O2/c1-16(7-8-2-3-10(12)13-4-8)11-14-5-9(6-15-11)17(18)19/h2-6H,7H2,1H3,(H2,12,13). The van der Waals surface area contributed by atoms with Gasteiger partial charge in [-0.2, -0.15) is 0 Å². The van der Waals surface area contributed by atoms with Crippen molar-refractivity contribution in [3.05, 3.63) is 46.4 Å². The highest BCUT2D eigenvalue weighted by Gasteiger charge is 2.10. The normalized spacial score (nSPS) is 10.2. The second-order valence-electron chi connectivity index (χ2n) is 3.95. The average Bonchev–Trinajstić information content (AvgIpc) is 2.41. The molecule has 0 aromatic carbocycles. The van der Waals surface area contributed by atoms with Crippen LogP contribution in [-0.4, -0.2) is 26.9 Å². The van der Waals surface area contributed by atoms with Crippen LogP contribution < -0.4 is 10.6 Å². The molecule has 2 aromatic rings. The molecule has 0 aliphatic heterocycles. The fraction of sp³-hybridized carbons (Fsp3) is 0.182. The number of nitrogens with zero attached hydrogens (tertiary/aromatic N) is 5. The van der Waals surface area contributed by atoms with E-state index in [1.807, 2.05) is 6.07 Å². The van der Waals surface area contributed by atoms with E-state index in [-0.39, 0.29) is 5.69 Å². The molecule has 0 aliphatic carbocycles. The minimum atomic E-state index is -0.534. The zero-order valence-electron chi connectivity index (χ0n) is 10.2. The first-order valence-electron chi connectivity index (χ1n) is 5.44. The van der Waals surface area contributed by atoms with Gasteiger partial charge in [0.25, 0.3) is 0 Å². The highest BCUT2D eigenvalue weighted by Crippen LogP contribution is 2.13. The van der Waals surface area contributed by atoms with E-state index in [2.05, 4.69) is 15.0 Å². The number of nitro groups is 1. The van der Waals surface area contributed by atoms with Crippen molar-refractivity contribution in [1.29, 1.82) is 0 Å². The number of pyridine rings is 1. The number of nitrogen functional groups attached to an aromatic ring is 1. The van der Waals surface area contributed by atoms with Crippen LogP contribution in [0.25, 0.3) is 0 Å². The topological polar surface area (TPSA) is 111 Å². The van der Waals surface area contributed by atoms with Gasteiger partial charge < -0.3 is 10.6 Å². The van der Waals surface area contributed by atoms with E-state index in [4.69, 9.17) is 5.73 Å². The van der Waals surface area contributed by atoms with Gasteiger partial charge in [0.15, 0.2) is 0 Å². The molecule has 0 amide bonds. The lowest BCUT2D eigenvalue weighted by Gasteiger charge is -2.16. The number of rotatable bonds is 4. The Bertz CT molecular complexity index is 569. The molecule has 0 unspecified atom stereocenters. The number of nitrogens with two attached hydrogens (primary N) is 1. The van der Waals surface area contributed by atoms with Crippen LogP contribution >= 0.6 is 0 Å². The Hall–Kier alpha value is -2.77. The Morgan fingerprint density at radius 2 is 1.95 bits per heavy atom. The zero-order valence-corrected chi connectivity index (χ0v) is 10.2. The van der Waals surface area contributed by atoms with Gasteiger partial charge in [-0.3, -0.25) is 10.1 Å². The lowest BCUT2D eigenvalue weighted by Crippen LogP contribution is -2.19. The summed E-state index contributed by atoms with van der Waals surface area (Å²) in [5.74, 6) is 0.861. The first kappa shape index (κ1) is 12.7. The minimum absolute atomic E-state index is 0.133. The lowest BCUT2D eigenvalue weighted by molar-refractivity contribution is -0.385. The van der Waals surface area contributed by atoms with Crippen LogP contribution in [0.15, 0.2) is 30.7 Å². The lowest BCUT2D eigenvalue weighted by atomic mass is 10.2. The van der Waals surface area contributed by atoms with Crippen molar-refractivity contribution in [2.75, 3.05) is 17.7 Å². The molecule has 8 heteroatoms. The Morgan fingerprint density at radius 1 is 1.26 bits per heavy atom. The Morgan fingerprint density at radius 3 is 2.47 bits per heavy atom. The summed E-state index contributed by atoms with van der Waals surface area (Å²) >= 11 is 0. The van der Waals surface area contributed by atoms with Crippen molar-refractivity contribution in [3.63, 3.8) is 0 Å². The molecule has 0 atom stereocenters. The molecule has 0 aliphatic rings. The van der Waals surface area contributed by atoms with E-state index in [0.29, 0.717) is 18.3 Å². The predicted octanol–water partition coefficient (Wildman–Crippen LogP) is 0.998. The van der Waals surface area contributed by atoms with Crippen LogP contribution in [0, 0.1) is 10.1 Å². The monoisotopic (exact) mass is 260 g/mol. The molecule has 0 fully saturated rings. The molecule has 2 rings (SSSR count). The van der Waals surface area contributed by atoms with E-state index in [1.165, 1.54) is 12.4 Å². The van der Waals surface area contributed by atoms with Crippen LogP contribution in [-0.2, 0) is 6.54 Å². The summed E-state index contributed by atoms with van der Waals surface area (Å²) in [4.78, 5) is 23.6. The summed E-state index contributed by atoms with van der Waals surface area (Å²) in [6.45, 7) is 0.533. The second kappa shape index (κ2) is 5.25. The van der Waals surface area contributed by atoms with E-state index >= 15 is 0 Å². The number of hydrogen-bond acceptors (Lipinski definition) is 7. The number of hydrogen-bond donors (Lipinski definition) is 1. The van der Waals surface area contributed by atoms with Gasteiger partial charge in [0, 0.05) is 19.8 Å². The first-order chi connectivity index (χ1) is 9.06. The predicted molar refractivity (Wildman–Crippen MR) is 69.4 cm³/mol. The Balaban J connectivity index is 2.09. The molecular weight excluding hydrogens is 248 g/mol. The van der Waals surface area contributed by atoms with Crippen LogP contribution in [0.3, 0.4) is 0 Å².